The van der Waals surface area contributed by atoms with Gasteiger partial charge in [0.25, 0.3) is 0 Å². The van der Waals surface area contributed by atoms with E-state index in [9.17, 15) is 0 Å². The van der Waals surface area contributed by atoms with Crippen molar-refractivity contribution in [3.63, 3.8) is 0 Å². The Labute approximate surface area is 53.4 Å². The van der Waals surface area contributed by atoms with Gasteiger partial charge >= 0.3 is 0 Å². The first-order valence-electron chi connectivity index (χ1n) is 3.46. The Morgan fingerprint density at radius 2 is 1.00 bits per heavy atom. The van der Waals surface area contributed by atoms with Crippen LogP contribution in [-0.4, -0.2) is 24.6 Å². The highest BCUT2D eigenvalue weighted by atomic mass is 32.1. The average Bonchev–Trinajstić information content (AvgIpc) is 1.47. The highest BCUT2D eigenvalue weighted by molar-refractivity contribution is 8.31. The molecule has 2 heteroatoms. The summed E-state index contributed by atoms with van der Waals surface area (Å²) in [5.74, 6) is 0. The summed E-state index contributed by atoms with van der Waals surface area (Å²) >= 11 is 0. The van der Waals surface area contributed by atoms with Crippen molar-refractivity contribution in [1.29, 1.82) is 0 Å². The van der Waals surface area contributed by atoms with Crippen LogP contribution in [0, 0.1) is 0 Å². The standard InChI is InChI=1S/C6H12P2/c1-3-7(4-1)8-5-2-6-8/h1-6H2. The molecule has 0 saturated carbocycles. The van der Waals surface area contributed by atoms with Crippen LogP contribution in [0.5, 0.6) is 0 Å². The maximum absolute atomic E-state index is 1.65. The Kier molecular flexibility index (Phi) is 1.57. The zero-order chi connectivity index (χ0) is 5.40. The third-order valence-corrected chi connectivity index (χ3v) is 11.0. The lowest BCUT2D eigenvalue weighted by atomic mass is 10.5. The first-order chi connectivity index (χ1) is 3.97. The zero-order valence-electron chi connectivity index (χ0n) is 5.14. The van der Waals surface area contributed by atoms with Crippen LogP contribution < -0.4 is 0 Å². The molecule has 0 nitrogen and oxygen atoms in total. The highest BCUT2D eigenvalue weighted by Crippen LogP contribution is 2.77. The van der Waals surface area contributed by atoms with Gasteiger partial charge in [-0.3, -0.25) is 0 Å². The van der Waals surface area contributed by atoms with Crippen molar-refractivity contribution in [3.8, 4) is 0 Å². The predicted octanol–water partition coefficient (Wildman–Crippen LogP) is 2.67. The summed E-state index contributed by atoms with van der Waals surface area (Å²) in [6.45, 7) is 0. The van der Waals surface area contributed by atoms with Crippen molar-refractivity contribution in [2.45, 2.75) is 12.8 Å². The van der Waals surface area contributed by atoms with Crippen molar-refractivity contribution in [3.05, 3.63) is 0 Å². The van der Waals surface area contributed by atoms with Gasteiger partial charge < -0.3 is 0 Å². The van der Waals surface area contributed by atoms with Gasteiger partial charge in [0.15, 0.2) is 0 Å². The quantitative estimate of drug-likeness (QED) is 0.499. The summed E-state index contributed by atoms with van der Waals surface area (Å²) < 4.78 is 0. The lowest BCUT2D eigenvalue weighted by Gasteiger charge is -2.40. The van der Waals surface area contributed by atoms with E-state index in [-0.39, 0.29) is 0 Å². The van der Waals surface area contributed by atoms with Crippen molar-refractivity contribution < 1.29 is 0 Å². The van der Waals surface area contributed by atoms with Crippen molar-refractivity contribution in [1.82, 2.24) is 0 Å². The fourth-order valence-electron chi connectivity index (χ4n) is 1.16. The molecular weight excluding hydrogens is 134 g/mol. The molecule has 0 bridgehead atoms. The largest absolute Gasteiger partial charge is 0.0810 e. The zero-order valence-corrected chi connectivity index (χ0v) is 6.93. The molecule has 2 aliphatic heterocycles. The topological polar surface area (TPSA) is 0 Å². The minimum absolute atomic E-state index is 0.693. The summed E-state index contributed by atoms with van der Waals surface area (Å²) in [6.07, 6.45) is 9.76. The molecule has 2 rings (SSSR count). The second-order valence-corrected chi connectivity index (χ2v) is 9.82. The van der Waals surface area contributed by atoms with Crippen molar-refractivity contribution >= 4 is 15.2 Å². The molecule has 0 aromatic carbocycles. The van der Waals surface area contributed by atoms with E-state index in [2.05, 4.69) is 0 Å². The van der Waals surface area contributed by atoms with Crippen LogP contribution in [0.3, 0.4) is 0 Å². The van der Waals surface area contributed by atoms with E-state index in [0.29, 0.717) is 15.2 Å². The molecule has 0 atom stereocenters. The number of hydrogen-bond acceptors (Lipinski definition) is 0. The molecule has 2 aliphatic rings. The Morgan fingerprint density at radius 3 is 1.12 bits per heavy atom. The Bertz CT molecular complexity index is 72.5. The van der Waals surface area contributed by atoms with Gasteiger partial charge in [-0.1, -0.05) is 15.2 Å². The van der Waals surface area contributed by atoms with Crippen LogP contribution in [-0.2, 0) is 0 Å². The van der Waals surface area contributed by atoms with Crippen LogP contribution in [0.2, 0.25) is 0 Å². The Balaban J connectivity index is 1.79. The Morgan fingerprint density at radius 1 is 0.625 bits per heavy atom. The fourth-order valence-corrected chi connectivity index (χ4v) is 8.59. The molecule has 2 saturated heterocycles. The third kappa shape index (κ3) is 0.829. The molecule has 2 fully saturated rings. The molecule has 0 aromatic rings. The second kappa shape index (κ2) is 2.24. The van der Waals surface area contributed by atoms with Gasteiger partial charge in [0.1, 0.15) is 0 Å². The van der Waals surface area contributed by atoms with Gasteiger partial charge in [-0.15, -0.1) is 0 Å². The molecule has 0 aliphatic carbocycles. The SMILES string of the molecule is C1CP(P2CCC2)C1. The fraction of sp³-hybridized carbons (Fsp3) is 1.00. The van der Waals surface area contributed by atoms with Gasteiger partial charge in [0, 0.05) is 0 Å². The summed E-state index contributed by atoms with van der Waals surface area (Å²) in [6, 6.07) is 0. The highest BCUT2D eigenvalue weighted by Gasteiger charge is 2.29. The average molecular weight is 146 g/mol. The molecule has 0 radical (unpaired) electrons. The molecule has 8 heavy (non-hydrogen) atoms. The lowest BCUT2D eigenvalue weighted by molar-refractivity contribution is 1.01. The van der Waals surface area contributed by atoms with Crippen LogP contribution in [0.4, 0.5) is 0 Å². The van der Waals surface area contributed by atoms with Gasteiger partial charge in [0.2, 0.25) is 0 Å². The summed E-state index contributed by atoms with van der Waals surface area (Å²) in [5.41, 5.74) is 0. The minimum Gasteiger partial charge on any atom is -0.0810 e. The van der Waals surface area contributed by atoms with Gasteiger partial charge in [-0.05, 0) is 37.5 Å². The minimum atomic E-state index is 0.693. The predicted molar refractivity (Wildman–Crippen MR) is 42.5 cm³/mol. The molecule has 2 heterocycles. The van der Waals surface area contributed by atoms with Crippen LogP contribution in [0.25, 0.3) is 0 Å². The first-order valence-corrected chi connectivity index (χ1v) is 7.59. The normalized spacial score (nSPS) is 31.5. The van der Waals surface area contributed by atoms with E-state index in [1.165, 1.54) is 0 Å². The molecule has 0 N–H and O–H groups in total. The smallest absolute Gasteiger partial charge is 0.0284 e. The van der Waals surface area contributed by atoms with Crippen LogP contribution in [0.1, 0.15) is 12.8 Å². The van der Waals surface area contributed by atoms with Crippen LogP contribution >= 0.6 is 15.2 Å². The second-order valence-electron chi connectivity index (χ2n) is 2.61. The summed E-state index contributed by atoms with van der Waals surface area (Å²) in [4.78, 5) is 0. The van der Waals surface area contributed by atoms with E-state index < -0.39 is 0 Å². The summed E-state index contributed by atoms with van der Waals surface area (Å²) in [7, 11) is 1.39. The molecule has 0 amide bonds. The van der Waals surface area contributed by atoms with Gasteiger partial charge in [-0.2, -0.15) is 0 Å². The molecule has 46 valence electrons. The molecule has 0 unspecified atom stereocenters. The maximum atomic E-state index is 1.65. The Hall–Kier alpha value is 0.860. The van der Waals surface area contributed by atoms with Gasteiger partial charge in [-0.25, -0.2) is 0 Å². The monoisotopic (exact) mass is 146 g/mol. The van der Waals surface area contributed by atoms with E-state index in [1.54, 1.807) is 37.5 Å². The number of hydrogen-bond donors (Lipinski definition) is 0. The number of rotatable bonds is 1. The van der Waals surface area contributed by atoms with E-state index in [1.807, 2.05) is 0 Å². The third-order valence-electron chi connectivity index (χ3n) is 2.06. The van der Waals surface area contributed by atoms with Crippen molar-refractivity contribution in [2.75, 3.05) is 24.6 Å². The first kappa shape index (κ1) is 5.63. The molecule has 0 aromatic heterocycles. The van der Waals surface area contributed by atoms with E-state index in [0.717, 1.165) is 0 Å². The maximum Gasteiger partial charge on any atom is -0.0284 e. The van der Waals surface area contributed by atoms with Crippen molar-refractivity contribution in [2.24, 2.45) is 0 Å². The van der Waals surface area contributed by atoms with Crippen LogP contribution in [0.15, 0.2) is 0 Å². The molecule has 0 spiro atoms. The molecular formula is C6H12P2. The van der Waals surface area contributed by atoms with Gasteiger partial charge in [0.05, 0.1) is 0 Å². The summed E-state index contributed by atoms with van der Waals surface area (Å²) in [5, 5.41) is 0. The lowest BCUT2D eigenvalue weighted by Crippen LogP contribution is -2.11. The van der Waals surface area contributed by atoms with E-state index in [4.69, 9.17) is 0 Å². The van der Waals surface area contributed by atoms with E-state index >= 15 is 0 Å².